The molecule has 1 aromatic rings. The Labute approximate surface area is 81.0 Å². The molecule has 0 amide bonds. The quantitative estimate of drug-likeness (QED) is 0.611. The first-order valence-electron chi connectivity index (χ1n) is 4.78. The summed E-state index contributed by atoms with van der Waals surface area (Å²) in [5.74, 6) is 0.137. The summed E-state index contributed by atoms with van der Waals surface area (Å²) >= 11 is 0. The topological polar surface area (TPSA) is 57.5 Å². The highest BCUT2D eigenvalue weighted by molar-refractivity contribution is 6.00. The number of ketones is 1. The van der Waals surface area contributed by atoms with Gasteiger partial charge in [-0.3, -0.25) is 4.79 Å². The lowest BCUT2D eigenvalue weighted by molar-refractivity contribution is -0.119. The average molecular weight is 190 g/mol. The molecule has 2 aliphatic rings. The normalized spacial score (nSPS) is 28.1. The Hall–Kier alpha value is -1.51. The van der Waals surface area contributed by atoms with E-state index in [4.69, 9.17) is 0 Å². The van der Waals surface area contributed by atoms with Crippen LogP contribution in [0.5, 0.6) is 11.5 Å². The number of hydrogen-bond donors (Lipinski definition) is 2. The van der Waals surface area contributed by atoms with Crippen LogP contribution in [0.1, 0.15) is 35.8 Å². The molecular weight excluding hydrogens is 180 g/mol. The first-order chi connectivity index (χ1) is 6.70. The highest BCUT2D eigenvalue weighted by atomic mass is 16.3. The number of benzene rings is 1. The molecule has 3 heteroatoms. The van der Waals surface area contributed by atoms with Crippen LogP contribution in [-0.4, -0.2) is 16.0 Å². The van der Waals surface area contributed by atoms with Crippen molar-refractivity contribution in [1.29, 1.82) is 0 Å². The Morgan fingerprint density at radius 2 is 1.43 bits per heavy atom. The van der Waals surface area contributed by atoms with Gasteiger partial charge in [0.05, 0.1) is 0 Å². The number of fused-ring (bicyclic) bond motifs is 5. The van der Waals surface area contributed by atoms with E-state index in [1.165, 1.54) is 12.1 Å². The number of phenols is 2. The number of rotatable bonds is 0. The molecule has 0 aromatic heterocycles. The smallest absolute Gasteiger partial charge is 0.148 e. The first-order valence-corrected chi connectivity index (χ1v) is 4.78. The van der Waals surface area contributed by atoms with Crippen LogP contribution in [-0.2, 0) is 4.79 Å². The van der Waals surface area contributed by atoms with Crippen LogP contribution in [0.2, 0.25) is 0 Å². The van der Waals surface area contributed by atoms with Crippen molar-refractivity contribution in [2.75, 3.05) is 0 Å². The highest BCUT2D eigenvalue weighted by Crippen LogP contribution is 2.55. The molecule has 2 atom stereocenters. The van der Waals surface area contributed by atoms with Crippen molar-refractivity contribution in [3.05, 3.63) is 23.3 Å². The second kappa shape index (κ2) is 2.29. The van der Waals surface area contributed by atoms with E-state index in [-0.39, 0.29) is 29.1 Å². The standard InChI is InChI=1S/C11H10O3/c12-7-3-4-8(13)10-6-2-1-5(9(7)10)11(6)14/h3-6,12-13H,1-2H2. The van der Waals surface area contributed by atoms with E-state index in [1.807, 2.05) is 0 Å². The van der Waals surface area contributed by atoms with Crippen LogP contribution < -0.4 is 0 Å². The summed E-state index contributed by atoms with van der Waals surface area (Å²) in [4.78, 5) is 11.7. The van der Waals surface area contributed by atoms with Gasteiger partial charge >= 0.3 is 0 Å². The third kappa shape index (κ3) is 0.710. The van der Waals surface area contributed by atoms with Gasteiger partial charge in [0.1, 0.15) is 17.3 Å². The Morgan fingerprint density at radius 3 is 1.86 bits per heavy atom. The molecule has 2 bridgehead atoms. The summed E-state index contributed by atoms with van der Waals surface area (Å²) in [5.41, 5.74) is 1.34. The average Bonchev–Trinajstić information content (AvgIpc) is 2.67. The molecule has 72 valence electrons. The van der Waals surface area contributed by atoms with Crippen molar-refractivity contribution >= 4 is 5.78 Å². The molecule has 0 radical (unpaired) electrons. The van der Waals surface area contributed by atoms with E-state index in [1.54, 1.807) is 0 Å². The molecule has 1 aromatic carbocycles. The maximum absolute atomic E-state index is 11.7. The van der Waals surface area contributed by atoms with Gasteiger partial charge in [0.15, 0.2) is 0 Å². The molecule has 3 rings (SSSR count). The number of hydrogen-bond acceptors (Lipinski definition) is 3. The summed E-state index contributed by atoms with van der Waals surface area (Å²) in [6, 6.07) is 2.92. The van der Waals surface area contributed by atoms with Gasteiger partial charge in [-0.15, -0.1) is 0 Å². The van der Waals surface area contributed by atoms with Gasteiger partial charge in [-0.2, -0.15) is 0 Å². The predicted octanol–water partition coefficient (Wildman–Crippen LogP) is 1.64. The highest BCUT2D eigenvalue weighted by Gasteiger charge is 2.47. The van der Waals surface area contributed by atoms with Crippen LogP contribution in [0.25, 0.3) is 0 Å². The molecule has 14 heavy (non-hydrogen) atoms. The Balaban J connectivity index is 2.34. The molecule has 0 heterocycles. The van der Waals surface area contributed by atoms with Crippen molar-refractivity contribution in [2.45, 2.75) is 24.7 Å². The summed E-state index contributed by atoms with van der Waals surface area (Å²) in [5, 5.41) is 19.3. The van der Waals surface area contributed by atoms with E-state index < -0.39 is 0 Å². The lowest BCUT2D eigenvalue weighted by Gasteiger charge is -2.15. The van der Waals surface area contributed by atoms with Crippen LogP contribution in [0, 0.1) is 0 Å². The molecule has 0 spiro atoms. The van der Waals surface area contributed by atoms with Gasteiger partial charge in [-0.1, -0.05) is 0 Å². The van der Waals surface area contributed by atoms with Gasteiger partial charge < -0.3 is 10.2 Å². The number of carbonyl (C=O) groups excluding carboxylic acids is 1. The minimum atomic E-state index is -0.165. The molecular formula is C11H10O3. The molecule has 0 saturated heterocycles. The SMILES string of the molecule is O=C1C2CCC1c1c(O)ccc(O)c12. The molecule has 2 aliphatic carbocycles. The van der Waals surface area contributed by atoms with Crippen LogP contribution in [0.4, 0.5) is 0 Å². The summed E-state index contributed by atoms with van der Waals surface area (Å²) in [6.07, 6.45) is 1.63. The lowest BCUT2D eigenvalue weighted by Crippen LogP contribution is -1.99. The summed E-state index contributed by atoms with van der Waals surface area (Å²) in [6.45, 7) is 0. The minimum absolute atomic E-state index is 0.151. The second-order valence-corrected chi connectivity index (χ2v) is 4.02. The van der Waals surface area contributed by atoms with E-state index in [2.05, 4.69) is 0 Å². The number of Topliss-reactive ketones (excluding diaryl/α,β-unsaturated/α-hetero) is 1. The zero-order valence-corrected chi connectivity index (χ0v) is 7.53. The molecule has 3 nitrogen and oxygen atoms in total. The fourth-order valence-corrected chi connectivity index (χ4v) is 2.78. The third-order valence-corrected chi connectivity index (χ3v) is 3.37. The van der Waals surface area contributed by atoms with Crippen LogP contribution >= 0.6 is 0 Å². The van der Waals surface area contributed by atoms with Gasteiger partial charge in [0.2, 0.25) is 0 Å². The monoisotopic (exact) mass is 190 g/mol. The van der Waals surface area contributed by atoms with Gasteiger partial charge in [-0.05, 0) is 25.0 Å². The van der Waals surface area contributed by atoms with E-state index in [0.717, 1.165) is 12.8 Å². The molecule has 2 unspecified atom stereocenters. The molecule has 1 fully saturated rings. The van der Waals surface area contributed by atoms with E-state index in [9.17, 15) is 15.0 Å². The zero-order chi connectivity index (χ0) is 9.87. The number of carbonyl (C=O) groups is 1. The Bertz CT molecular complexity index is 397. The maximum atomic E-state index is 11.7. The Kier molecular flexibility index (Phi) is 1.29. The summed E-state index contributed by atoms with van der Waals surface area (Å²) < 4.78 is 0. The molecule has 1 saturated carbocycles. The van der Waals surface area contributed by atoms with Crippen molar-refractivity contribution < 1.29 is 15.0 Å². The largest absolute Gasteiger partial charge is 0.508 e. The van der Waals surface area contributed by atoms with Gasteiger partial charge in [0.25, 0.3) is 0 Å². The van der Waals surface area contributed by atoms with E-state index >= 15 is 0 Å². The van der Waals surface area contributed by atoms with Crippen molar-refractivity contribution in [2.24, 2.45) is 0 Å². The lowest BCUT2D eigenvalue weighted by atomic mass is 9.90. The second-order valence-electron chi connectivity index (χ2n) is 4.02. The Morgan fingerprint density at radius 1 is 1.00 bits per heavy atom. The number of aromatic hydroxyl groups is 2. The zero-order valence-electron chi connectivity index (χ0n) is 7.53. The maximum Gasteiger partial charge on any atom is 0.148 e. The predicted molar refractivity (Wildman–Crippen MR) is 49.5 cm³/mol. The van der Waals surface area contributed by atoms with Crippen molar-refractivity contribution in [3.8, 4) is 11.5 Å². The minimum Gasteiger partial charge on any atom is -0.508 e. The van der Waals surface area contributed by atoms with Crippen LogP contribution in [0.15, 0.2) is 12.1 Å². The van der Waals surface area contributed by atoms with Crippen LogP contribution in [0.3, 0.4) is 0 Å². The first kappa shape index (κ1) is 7.85. The third-order valence-electron chi connectivity index (χ3n) is 3.37. The fourth-order valence-electron chi connectivity index (χ4n) is 2.78. The van der Waals surface area contributed by atoms with Crippen molar-refractivity contribution in [3.63, 3.8) is 0 Å². The molecule has 2 N–H and O–H groups in total. The fraction of sp³-hybridized carbons (Fsp3) is 0.364. The summed E-state index contributed by atoms with van der Waals surface area (Å²) in [7, 11) is 0. The van der Waals surface area contributed by atoms with Gasteiger partial charge in [-0.25, -0.2) is 0 Å². The van der Waals surface area contributed by atoms with E-state index in [0.29, 0.717) is 11.1 Å². The molecule has 0 aliphatic heterocycles. The van der Waals surface area contributed by atoms with Gasteiger partial charge in [0, 0.05) is 23.0 Å². The number of phenolic OH excluding ortho intramolecular Hbond substituents is 2. The van der Waals surface area contributed by atoms with Crippen molar-refractivity contribution in [1.82, 2.24) is 0 Å².